The smallest absolute Gasteiger partial charge is 0.224 e. The number of benzene rings is 1. The van der Waals surface area contributed by atoms with Gasteiger partial charge in [0.2, 0.25) is 5.91 Å². The molecule has 6 nitrogen and oxygen atoms in total. The lowest BCUT2D eigenvalue weighted by Gasteiger charge is -2.28. The summed E-state index contributed by atoms with van der Waals surface area (Å²) < 4.78 is 1.97. The summed E-state index contributed by atoms with van der Waals surface area (Å²) in [5, 5.41) is 14.1. The third-order valence-corrected chi connectivity index (χ3v) is 4.92. The molecular formula is C20H28N4O2. The molecule has 2 heterocycles. The predicted molar refractivity (Wildman–Crippen MR) is 100 cm³/mol. The number of rotatable bonds is 7. The number of aliphatic hydroxyl groups excluding tert-OH is 1. The standard InChI is InChI=1S/C20H28N4O2/c1-3-23(14-17-7-5-4-6-8-17)20(26)9-10-22-11-12-24-18(15-22)13-19(21-24)16(2)25/h4-8,13,16,25H,3,9-12,14-15H2,1-2H3/t16-/m1/s1. The van der Waals surface area contributed by atoms with Crippen LogP contribution in [0.25, 0.3) is 0 Å². The second-order valence-corrected chi connectivity index (χ2v) is 6.88. The maximum Gasteiger partial charge on any atom is 0.224 e. The first-order chi connectivity index (χ1) is 12.6. The molecule has 2 aromatic rings. The summed E-state index contributed by atoms with van der Waals surface area (Å²) in [6.07, 6.45) is -0.0165. The zero-order valence-electron chi connectivity index (χ0n) is 15.6. The molecule has 1 N–H and O–H groups in total. The van der Waals surface area contributed by atoms with Crippen molar-refractivity contribution in [3.8, 4) is 0 Å². The van der Waals surface area contributed by atoms with Crippen LogP contribution in [-0.4, -0.2) is 50.2 Å². The Bertz CT molecular complexity index is 727. The highest BCUT2D eigenvalue weighted by molar-refractivity contribution is 5.76. The first-order valence-electron chi connectivity index (χ1n) is 9.35. The zero-order valence-corrected chi connectivity index (χ0v) is 15.6. The van der Waals surface area contributed by atoms with Gasteiger partial charge in [-0.3, -0.25) is 14.4 Å². The molecule has 1 aromatic carbocycles. The van der Waals surface area contributed by atoms with Crippen LogP contribution in [-0.2, 0) is 24.4 Å². The topological polar surface area (TPSA) is 61.6 Å². The van der Waals surface area contributed by atoms with Gasteiger partial charge in [0.25, 0.3) is 0 Å². The van der Waals surface area contributed by atoms with Crippen LogP contribution >= 0.6 is 0 Å². The van der Waals surface area contributed by atoms with Crippen LogP contribution < -0.4 is 0 Å². The molecule has 6 heteroatoms. The second-order valence-electron chi connectivity index (χ2n) is 6.88. The third-order valence-electron chi connectivity index (χ3n) is 4.92. The number of aromatic nitrogens is 2. The Morgan fingerprint density at radius 1 is 1.31 bits per heavy atom. The fourth-order valence-electron chi connectivity index (χ4n) is 3.33. The molecule has 1 atom stereocenters. The molecule has 0 fully saturated rings. The van der Waals surface area contributed by atoms with Gasteiger partial charge in [0.15, 0.2) is 0 Å². The summed E-state index contributed by atoms with van der Waals surface area (Å²) in [6.45, 7) is 8.36. The Morgan fingerprint density at radius 3 is 2.77 bits per heavy atom. The van der Waals surface area contributed by atoms with Crippen molar-refractivity contribution in [3.63, 3.8) is 0 Å². The van der Waals surface area contributed by atoms with Crippen LogP contribution in [0.2, 0.25) is 0 Å². The molecule has 3 rings (SSSR count). The summed E-state index contributed by atoms with van der Waals surface area (Å²) >= 11 is 0. The molecule has 1 amide bonds. The van der Waals surface area contributed by atoms with E-state index in [1.165, 1.54) is 0 Å². The monoisotopic (exact) mass is 356 g/mol. The van der Waals surface area contributed by atoms with Crippen molar-refractivity contribution in [2.45, 2.75) is 46.0 Å². The molecule has 0 bridgehead atoms. The van der Waals surface area contributed by atoms with Crippen molar-refractivity contribution < 1.29 is 9.90 Å². The van der Waals surface area contributed by atoms with Crippen molar-refractivity contribution >= 4 is 5.91 Å². The van der Waals surface area contributed by atoms with E-state index >= 15 is 0 Å². The molecule has 1 aliphatic rings. The maximum atomic E-state index is 12.6. The Hall–Kier alpha value is -2.18. The summed E-state index contributed by atoms with van der Waals surface area (Å²) in [5.41, 5.74) is 2.99. The number of hydrogen-bond donors (Lipinski definition) is 1. The lowest BCUT2D eigenvalue weighted by molar-refractivity contribution is -0.132. The van der Waals surface area contributed by atoms with E-state index in [-0.39, 0.29) is 5.91 Å². The molecular weight excluding hydrogens is 328 g/mol. The number of aliphatic hydroxyl groups is 1. The average Bonchev–Trinajstić information content (AvgIpc) is 3.08. The minimum absolute atomic E-state index is 0.195. The van der Waals surface area contributed by atoms with Crippen molar-refractivity contribution in [1.82, 2.24) is 19.6 Å². The highest BCUT2D eigenvalue weighted by atomic mass is 16.3. The number of hydrogen-bond acceptors (Lipinski definition) is 4. The van der Waals surface area contributed by atoms with Crippen LogP contribution in [0.15, 0.2) is 36.4 Å². The van der Waals surface area contributed by atoms with Crippen LogP contribution in [0.1, 0.15) is 43.3 Å². The number of carbonyl (C=O) groups is 1. The first-order valence-corrected chi connectivity index (χ1v) is 9.35. The van der Waals surface area contributed by atoms with Crippen LogP contribution in [0.5, 0.6) is 0 Å². The van der Waals surface area contributed by atoms with Crippen molar-refractivity contribution in [1.29, 1.82) is 0 Å². The number of nitrogens with zero attached hydrogens (tertiary/aromatic N) is 4. The van der Waals surface area contributed by atoms with E-state index in [1.807, 2.05) is 40.8 Å². The highest BCUT2D eigenvalue weighted by Gasteiger charge is 2.21. The summed E-state index contributed by atoms with van der Waals surface area (Å²) in [4.78, 5) is 16.8. The Kier molecular flexibility index (Phi) is 6.06. The van der Waals surface area contributed by atoms with Crippen LogP contribution in [0.4, 0.5) is 0 Å². The van der Waals surface area contributed by atoms with E-state index in [2.05, 4.69) is 22.1 Å². The van der Waals surface area contributed by atoms with E-state index in [0.29, 0.717) is 13.0 Å². The van der Waals surface area contributed by atoms with Gasteiger partial charge in [-0.1, -0.05) is 30.3 Å². The summed E-state index contributed by atoms with van der Waals surface area (Å²) in [5.74, 6) is 0.195. The minimum Gasteiger partial charge on any atom is -0.387 e. The quantitative estimate of drug-likeness (QED) is 0.826. The normalized spacial score (nSPS) is 15.5. The molecule has 1 aromatic heterocycles. The Labute approximate surface area is 155 Å². The van der Waals surface area contributed by atoms with E-state index in [0.717, 1.165) is 49.7 Å². The summed E-state index contributed by atoms with van der Waals surface area (Å²) in [7, 11) is 0. The Morgan fingerprint density at radius 2 is 2.08 bits per heavy atom. The second kappa shape index (κ2) is 8.47. The van der Waals surface area contributed by atoms with Crippen LogP contribution in [0.3, 0.4) is 0 Å². The molecule has 0 saturated heterocycles. The molecule has 0 radical (unpaired) electrons. The molecule has 1 aliphatic heterocycles. The SMILES string of the molecule is CCN(Cc1ccccc1)C(=O)CCN1CCn2nc([C@@H](C)O)cc2C1. The maximum absolute atomic E-state index is 12.6. The minimum atomic E-state index is -0.542. The molecule has 0 unspecified atom stereocenters. The average molecular weight is 356 g/mol. The third kappa shape index (κ3) is 4.51. The van der Waals surface area contributed by atoms with E-state index in [4.69, 9.17) is 0 Å². The first kappa shape index (κ1) is 18.6. The fourth-order valence-corrected chi connectivity index (χ4v) is 3.33. The lowest BCUT2D eigenvalue weighted by Crippen LogP contribution is -2.38. The largest absolute Gasteiger partial charge is 0.387 e. The molecule has 26 heavy (non-hydrogen) atoms. The molecule has 0 saturated carbocycles. The van der Waals surface area contributed by atoms with Crippen molar-refractivity contribution in [3.05, 3.63) is 53.3 Å². The van der Waals surface area contributed by atoms with Gasteiger partial charge in [-0.25, -0.2) is 0 Å². The van der Waals surface area contributed by atoms with Gasteiger partial charge in [-0.2, -0.15) is 5.10 Å². The molecule has 140 valence electrons. The molecule has 0 spiro atoms. The molecule has 0 aliphatic carbocycles. The van der Waals surface area contributed by atoms with Gasteiger partial charge in [-0.15, -0.1) is 0 Å². The van der Waals surface area contributed by atoms with E-state index < -0.39 is 6.10 Å². The van der Waals surface area contributed by atoms with Crippen molar-refractivity contribution in [2.24, 2.45) is 0 Å². The fraction of sp³-hybridized carbons (Fsp3) is 0.500. The van der Waals surface area contributed by atoms with E-state index in [1.54, 1.807) is 6.92 Å². The lowest BCUT2D eigenvalue weighted by atomic mass is 10.2. The van der Waals surface area contributed by atoms with Crippen LogP contribution in [0, 0.1) is 0 Å². The van der Waals surface area contributed by atoms with Crippen molar-refractivity contribution in [2.75, 3.05) is 19.6 Å². The predicted octanol–water partition coefficient (Wildman–Crippen LogP) is 2.19. The van der Waals surface area contributed by atoms with Gasteiger partial charge in [0, 0.05) is 39.1 Å². The number of carbonyl (C=O) groups excluding carboxylic acids is 1. The zero-order chi connectivity index (χ0) is 18.5. The number of fused-ring (bicyclic) bond motifs is 1. The Balaban J connectivity index is 1.52. The van der Waals surface area contributed by atoms with Gasteiger partial charge >= 0.3 is 0 Å². The van der Waals surface area contributed by atoms with Gasteiger partial charge in [0.05, 0.1) is 24.0 Å². The van der Waals surface area contributed by atoms with Gasteiger partial charge in [0.1, 0.15) is 0 Å². The van der Waals surface area contributed by atoms with Gasteiger partial charge < -0.3 is 10.0 Å². The highest BCUT2D eigenvalue weighted by Crippen LogP contribution is 2.18. The number of amides is 1. The van der Waals surface area contributed by atoms with Gasteiger partial charge in [-0.05, 0) is 25.5 Å². The summed E-state index contributed by atoms with van der Waals surface area (Å²) in [6, 6.07) is 12.1. The van der Waals surface area contributed by atoms with E-state index in [9.17, 15) is 9.90 Å².